The number of benzene rings is 1. The first-order chi connectivity index (χ1) is 9.79. The zero-order chi connectivity index (χ0) is 15.6. The second-order valence-corrected chi connectivity index (χ2v) is 6.87. The Morgan fingerprint density at radius 1 is 1.33 bits per heavy atom. The first kappa shape index (κ1) is 15.7. The van der Waals surface area contributed by atoms with Crippen LogP contribution in [0.25, 0.3) is 0 Å². The molecule has 1 aromatic carbocycles. The highest BCUT2D eigenvalue weighted by molar-refractivity contribution is 7.92. The molecule has 0 atom stereocenters. The highest BCUT2D eigenvalue weighted by atomic mass is 35.5. The van der Waals surface area contributed by atoms with Crippen LogP contribution < -0.4 is 10.5 Å². The third kappa shape index (κ3) is 3.69. The molecular formula is C13H12ClN3O2S2. The molecule has 2 aromatic rings. The van der Waals surface area contributed by atoms with Gasteiger partial charge in [-0.1, -0.05) is 23.8 Å². The Balaban J connectivity index is 2.31. The maximum atomic E-state index is 12.3. The molecule has 1 aromatic heterocycles. The highest BCUT2D eigenvalue weighted by Gasteiger charge is 2.16. The van der Waals surface area contributed by atoms with Gasteiger partial charge in [0, 0.05) is 11.2 Å². The molecule has 8 heteroatoms. The van der Waals surface area contributed by atoms with Gasteiger partial charge >= 0.3 is 0 Å². The number of aromatic nitrogens is 1. The third-order valence-electron chi connectivity index (χ3n) is 2.73. The Labute approximate surface area is 133 Å². The van der Waals surface area contributed by atoms with Gasteiger partial charge in [0.15, 0.2) is 0 Å². The number of rotatable bonds is 4. The van der Waals surface area contributed by atoms with Crippen LogP contribution in [0.1, 0.15) is 11.3 Å². The van der Waals surface area contributed by atoms with E-state index in [2.05, 4.69) is 9.71 Å². The summed E-state index contributed by atoms with van der Waals surface area (Å²) < 4.78 is 27.0. The van der Waals surface area contributed by atoms with Crippen molar-refractivity contribution < 1.29 is 8.42 Å². The van der Waals surface area contributed by atoms with Crippen LogP contribution in [0.2, 0.25) is 5.02 Å². The van der Waals surface area contributed by atoms with Gasteiger partial charge < -0.3 is 5.73 Å². The van der Waals surface area contributed by atoms with Gasteiger partial charge in [0.25, 0.3) is 10.0 Å². The zero-order valence-electron chi connectivity index (χ0n) is 11.0. The summed E-state index contributed by atoms with van der Waals surface area (Å²) in [6.45, 7) is 1.76. The Morgan fingerprint density at radius 3 is 2.57 bits per heavy atom. The lowest BCUT2D eigenvalue weighted by Crippen LogP contribution is -2.16. The summed E-state index contributed by atoms with van der Waals surface area (Å²) in [5.74, 6) is 0. The van der Waals surface area contributed by atoms with E-state index in [1.807, 2.05) is 0 Å². The van der Waals surface area contributed by atoms with Crippen LogP contribution >= 0.6 is 23.8 Å². The number of aryl methyl sites for hydroxylation is 1. The SMILES string of the molecule is Cc1cc(Cl)ccc1NS(=O)(=O)c1ccc(C(N)=S)nc1. The van der Waals surface area contributed by atoms with Crippen molar-refractivity contribution in [3.8, 4) is 0 Å². The number of hydrogen-bond donors (Lipinski definition) is 2. The summed E-state index contributed by atoms with van der Waals surface area (Å²) in [5, 5.41) is 0.540. The van der Waals surface area contributed by atoms with E-state index in [0.717, 1.165) is 5.56 Å². The lowest BCUT2D eigenvalue weighted by atomic mass is 10.2. The molecule has 1 heterocycles. The van der Waals surface area contributed by atoms with Gasteiger partial charge in [0.05, 0.1) is 11.4 Å². The second kappa shape index (κ2) is 5.97. The molecule has 21 heavy (non-hydrogen) atoms. The number of halogens is 1. The molecule has 0 saturated heterocycles. The molecule has 5 nitrogen and oxygen atoms in total. The minimum absolute atomic E-state index is 0.0249. The van der Waals surface area contributed by atoms with E-state index >= 15 is 0 Å². The minimum atomic E-state index is -3.73. The first-order valence-electron chi connectivity index (χ1n) is 5.84. The zero-order valence-corrected chi connectivity index (χ0v) is 13.4. The molecule has 0 bridgehead atoms. The molecule has 0 unspecified atom stereocenters. The van der Waals surface area contributed by atoms with Crippen LogP contribution in [-0.2, 0) is 10.0 Å². The summed E-state index contributed by atoms with van der Waals surface area (Å²) >= 11 is 10.6. The minimum Gasteiger partial charge on any atom is -0.388 e. The van der Waals surface area contributed by atoms with E-state index < -0.39 is 10.0 Å². The smallest absolute Gasteiger partial charge is 0.263 e. The van der Waals surface area contributed by atoms with Gasteiger partial charge in [0.1, 0.15) is 9.88 Å². The van der Waals surface area contributed by atoms with Crippen molar-refractivity contribution in [3.05, 3.63) is 52.8 Å². The van der Waals surface area contributed by atoms with E-state index in [4.69, 9.17) is 29.6 Å². The van der Waals surface area contributed by atoms with Gasteiger partial charge in [-0.25, -0.2) is 8.42 Å². The molecule has 0 radical (unpaired) electrons. The average molecular weight is 342 g/mol. The maximum absolute atomic E-state index is 12.3. The molecule has 0 spiro atoms. The number of hydrogen-bond acceptors (Lipinski definition) is 4. The van der Waals surface area contributed by atoms with Crippen molar-refractivity contribution in [1.29, 1.82) is 0 Å². The molecule has 110 valence electrons. The standard InChI is InChI=1S/C13H12ClN3O2S2/c1-8-6-9(14)2-4-11(8)17-21(18,19)10-3-5-12(13(15)20)16-7-10/h2-7,17H,1H3,(H2,15,20). The fraction of sp³-hybridized carbons (Fsp3) is 0.0769. The molecular weight excluding hydrogens is 330 g/mol. The summed E-state index contributed by atoms with van der Waals surface area (Å²) in [6, 6.07) is 7.75. The fourth-order valence-corrected chi connectivity index (χ4v) is 3.05. The largest absolute Gasteiger partial charge is 0.388 e. The lowest BCUT2D eigenvalue weighted by molar-refractivity contribution is 0.600. The molecule has 0 aliphatic heterocycles. The van der Waals surface area contributed by atoms with Crippen LogP contribution in [0, 0.1) is 6.92 Å². The molecule has 0 aliphatic carbocycles. The number of anilines is 1. The summed E-state index contributed by atoms with van der Waals surface area (Å²) in [5.41, 5.74) is 6.97. The molecule has 2 rings (SSSR count). The number of pyridine rings is 1. The summed E-state index contributed by atoms with van der Waals surface area (Å²) in [4.78, 5) is 4.05. The maximum Gasteiger partial charge on any atom is 0.263 e. The molecule has 0 amide bonds. The number of nitrogens with zero attached hydrogens (tertiary/aromatic N) is 1. The fourth-order valence-electron chi connectivity index (χ4n) is 1.63. The van der Waals surface area contributed by atoms with Gasteiger partial charge in [-0.2, -0.15) is 0 Å². The molecule has 3 N–H and O–H groups in total. The van der Waals surface area contributed by atoms with Crippen molar-refractivity contribution in [2.75, 3.05) is 4.72 Å². The van der Waals surface area contributed by atoms with E-state index in [1.165, 1.54) is 18.3 Å². The lowest BCUT2D eigenvalue weighted by Gasteiger charge is -2.10. The second-order valence-electron chi connectivity index (χ2n) is 4.31. The number of thiocarbonyl (C=S) groups is 1. The van der Waals surface area contributed by atoms with Gasteiger partial charge in [-0.05, 0) is 42.8 Å². The Bertz CT molecular complexity index is 790. The Kier molecular flexibility index (Phi) is 4.46. The number of nitrogens with one attached hydrogen (secondary N) is 1. The average Bonchev–Trinajstić information content (AvgIpc) is 2.42. The highest BCUT2D eigenvalue weighted by Crippen LogP contribution is 2.22. The van der Waals surface area contributed by atoms with Crippen molar-refractivity contribution in [2.24, 2.45) is 5.73 Å². The van der Waals surface area contributed by atoms with Gasteiger partial charge in [0.2, 0.25) is 0 Å². The Morgan fingerprint density at radius 2 is 2.05 bits per heavy atom. The van der Waals surface area contributed by atoms with Crippen LogP contribution in [0.15, 0.2) is 41.4 Å². The summed E-state index contributed by atoms with van der Waals surface area (Å²) in [7, 11) is -3.73. The quantitative estimate of drug-likeness (QED) is 0.834. The Hall–Kier alpha value is -1.70. The predicted octanol–water partition coefficient (Wildman–Crippen LogP) is 2.48. The molecule has 0 fully saturated rings. The van der Waals surface area contributed by atoms with Gasteiger partial charge in [-0.3, -0.25) is 9.71 Å². The monoisotopic (exact) mass is 341 g/mol. The number of nitrogens with two attached hydrogens (primary N) is 1. The van der Waals surface area contributed by atoms with E-state index in [9.17, 15) is 8.42 Å². The third-order valence-corrected chi connectivity index (χ3v) is 4.53. The topological polar surface area (TPSA) is 85.1 Å². The molecule has 0 aliphatic rings. The number of sulfonamides is 1. The summed E-state index contributed by atoms with van der Waals surface area (Å²) in [6.07, 6.45) is 1.21. The van der Waals surface area contributed by atoms with Crippen LogP contribution in [-0.4, -0.2) is 18.4 Å². The van der Waals surface area contributed by atoms with E-state index in [-0.39, 0.29) is 9.88 Å². The van der Waals surface area contributed by atoms with Crippen molar-refractivity contribution in [2.45, 2.75) is 11.8 Å². The van der Waals surface area contributed by atoms with Gasteiger partial charge in [-0.15, -0.1) is 0 Å². The van der Waals surface area contributed by atoms with Crippen LogP contribution in [0.3, 0.4) is 0 Å². The van der Waals surface area contributed by atoms with Crippen molar-refractivity contribution in [3.63, 3.8) is 0 Å². The van der Waals surface area contributed by atoms with E-state index in [0.29, 0.717) is 16.4 Å². The predicted molar refractivity (Wildman–Crippen MR) is 87.1 cm³/mol. The van der Waals surface area contributed by atoms with E-state index in [1.54, 1.807) is 25.1 Å². The van der Waals surface area contributed by atoms with Crippen molar-refractivity contribution >= 4 is 44.5 Å². The van der Waals surface area contributed by atoms with Crippen LogP contribution in [0.5, 0.6) is 0 Å². The molecule has 0 saturated carbocycles. The normalized spacial score (nSPS) is 11.1. The van der Waals surface area contributed by atoms with Crippen LogP contribution in [0.4, 0.5) is 5.69 Å². The first-order valence-corrected chi connectivity index (χ1v) is 8.11. The van der Waals surface area contributed by atoms with Crippen molar-refractivity contribution in [1.82, 2.24) is 4.98 Å².